The number of thiazole rings is 1. The van der Waals surface area contributed by atoms with Gasteiger partial charge in [-0.15, -0.1) is 0 Å². The van der Waals surface area contributed by atoms with Crippen molar-refractivity contribution < 1.29 is 14.0 Å². The molecule has 0 aliphatic heterocycles. The molecule has 0 fully saturated rings. The SMILES string of the molecule is CC(=O)Nc1nc2ccc(NC(=O)c3cc(Cl)ccc3F)cc2s1. The molecule has 0 saturated heterocycles. The van der Waals surface area contributed by atoms with Crippen LogP contribution in [0.4, 0.5) is 15.2 Å². The summed E-state index contributed by atoms with van der Waals surface area (Å²) in [6.45, 7) is 1.40. The number of anilines is 2. The van der Waals surface area contributed by atoms with Crippen molar-refractivity contribution in [3.05, 3.63) is 52.8 Å². The van der Waals surface area contributed by atoms with Gasteiger partial charge in [0.1, 0.15) is 5.82 Å². The number of carbonyl (C=O) groups excluding carboxylic acids is 2. The van der Waals surface area contributed by atoms with Gasteiger partial charge >= 0.3 is 0 Å². The van der Waals surface area contributed by atoms with Gasteiger partial charge in [-0.2, -0.15) is 0 Å². The summed E-state index contributed by atoms with van der Waals surface area (Å²) in [5, 5.41) is 5.98. The van der Waals surface area contributed by atoms with Crippen molar-refractivity contribution in [2.24, 2.45) is 0 Å². The summed E-state index contributed by atoms with van der Waals surface area (Å²) in [6, 6.07) is 8.86. The van der Waals surface area contributed by atoms with Crippen LogP contribution in [0.5, 0.6) is 0 Å². The van der Waals surface area contributed by atoms with Crippen LogP contribution in [0.2, 0.25) is 5.02 Å². The van der Waals surface area contributed by atoms with Crippen molar-refractivity contribution in [3.8, 4) is 0 Å². The van der Waals surface area contributed by atoms with E-state index in [0.29, 0.717) is 16.3 Å². The summed E-state index contributed by atoms with van der Waals surface area (Å²) < 4.78 is 14.5. The third-order valence-electron chi connectivity index (χ3n) is 3.10. The van der Waals surface area contributed by atoms with Gasteiger partial charge in [0, 0.05) is 17.6 Å². The van der Waals surface area contributed by atoms with Crippen molar-refractivity contribution in [2.75, 3.05) is 10.6 Å². The predicted molar refractivity (Wildman–Crippen MR) is 93.3 cm³/mol. The van der Waals surface area contributed by atoms with Gasteiger partial charge in [-0.3, -0.25) is 9.59 Å². The second kappa shape index (κ2) is 6.54. The zero-order valence-electron chi connectivity index (χ0n) is 12.4. The molecule has 122 valence electrons. The van der Waals surface area contributed by atoms with Crippen LogP contribution in [0.15, 0.2) is 36.4 Å². The van der Waals surface area contributed by atoms with Crippen molar-refractivity contribution >= 4 is 55.8 Å². The van der Waals surface area contributed by atoms with E-state index in [2.05, 4.69) is 15.6 Å². The number of aromatic nitrogens is 1. The molecule has 0 atom stereocenters. The molecule has 3 aromatic rings. The Hall–Kier alpha value is -2.51. The topological polar surface area (TPSA) is 71.1 Å². The number of halogens is 2. The molecule has 2 N–H and O–H groups in total. The van der Waals surface area contributed by atoms with Gasteiger partial charge in [0.15, 0.2) is 5.13 Å². The molecule has 0 spiro atoms. The lowest BCUT2D eigenvalue weighted by molar-refractivity contribution is -0.114. The van der Waals surface area contributed by atoms with Gasteiger partial charge in [0.05, 0.1) is 15.8 Å². The first-order valence-corrected chi connectivity index (χ1v) is 8.06. The largest absolute Gasteiger partial charge is 0.322 e. The maximum absolute atomic E-state index is 13.7. The van der Waals surface area contributed by atoms with Gasteiger partial charge in [0.25, 0.3) is 5.91 Å². The van der Waals surface area contributed by atoms with Gasteiger partial charge in [-0.1, -0.05) is 22.9 Å². The van der Waals surface area contributed by atoms with Crippen molar-refractivity contribution in [1.29, 1.82) is 0 Å². The molecular formula is C16H11ClFN3O2S. The highest BCUT2D eigenvalue weighted by atomic mass is 35.5. The van der Waals surface area contributed by atoms with E-state index in [1.165, 1.54) is 30.4 Å². The van der Waals surface area contributed by atoms with Crippen LogP contribution in [0.1, 0.15) is 17.3 Å². The first-order valence-electron chi connectivity index (χ1n) is 6.87. The zero-order chi connectivity index (χ0) is 17.3. The third kappa shape index (κ3) is 3.52. The Morgan fingerprint density at radius 1 is 1.17 bits per heavy atom. The average molecular weight is 364 g/mol. The Morgan fingerprint density at radius 2 is 1.96 bits per heavy atom. The molecule has 2 amide bonds. The second-order valence-electron chi connectivity index (χ2n) is 4.96. The molecular weight excluding hydrogens is 353 g/mol. The molecule has 1 heterocycles. The molecule has 0 bridgehead atoms. The highest BCUT2D eigenvalue weighted by molar-refractivity contribution is 7.22. The predicted octanol–water partition coefficient (Wildman–Crippen LogP) is 4.30. The van der Waals surface area contributed by atoms with E-state index in [1.54, 1.807) is 18.2 Å². The Kier molecular flexibility index (Phi) is 4.46. The maximum Gasteiger partial charge on any atom is 0.258 e. The Balaban J connectivity index is 1.85. The van der Waals surface area contributed by atoms with Crippen LogP contribution in [-0.4, -0.2) is 16.8 Å². The first kappa shape index (κ1) is 16.4. The molecule has 2 aromatic carbocycles. The van der Waals surface area contributed by atoms with Crippen LogP contribution in [-0.2, 0) is 4.79 Å². The molecule has 8 heteroatoms. The second-order valence-corrected chi connectivity index (χ2v) is 6.43. The molecule has 0 radical (unpaired) electrons. The number of nitrogens with one attached hydrogen (secondary N) is 2. The van der Waals surface area contributed by atoms with Crippen LogP contribution < -0.4 is 10.6 Å². The summed E-state index contributed by atoms with van der Waals surface area (Å²) >= 11 is 7.08. The van der Waals surface area contributed by atoms with Crippen LogP contribution in [0.25, 0.3) is 10.2 Å². The summed E-state index contributed by atoms with van der Waals surface area (Å²) in [7, 11) is 0. The minimum atomic E-state index is -0.649. The number of hydrogen-bond acceptors (Lipinski definition) is 4. The quantitative estimate of drug-likeness (QED) is 0.728. The number of hydrogen-bond donors (Lipinski definition) is 2. The van der Waals surface area contributed by atoms with Gasteiger partial charge in [0.2, 0.25) is 5.91 Å². The first-order chi connectivity index (χ1) is 11.4. The minimum absolute atomic E-state index is 0.133. The van der Waals surface area contributed by atoms with Gasteiger partial charge in [-0.05, 0) is 36.4 Å². The lowest BCUT2D eigenvalue weighted by atomic mass is 10.2. The lowest BCUT2D eigenvalue weighted by Crippen LogP contribution is -2.13. The monoisotopic (exact) mass is 363 g/mol. The fraction of sp³-hybridized carbons (Fsp3) is 0.0625. The molecule has 5 nitrogen and oxygen atoms in total. The molecule has 1 aromatic heterocycles. The van der Waals surface area contributed by atoms with Crippen LogP contribution >= 0.6 is 22.9 Å². The molecule has 0 saturated carbocycles. The number of fused-ring (bicyclic) bond motifs is 1. The minimum Gasteiger partial charge on any atom is -0.322 e. The fourth-order valence-electron chi connectivity index (χ4n) is 2.08. The van der Waals surface area contributed by atoms with E-state index in [1.807, 2.05) is 0 Å². The van der Waals surface area contributed by atoms with Crippen LogP contribution in [0, 0.1) is 5.82 Å². The molecule has 3 rings (SSSR count). The van der Waals surface area contributed by atoms with Crippen LogP contribution in [0.3, 0.4) is 0 Å². The number of carbonyl (C=O) groups is 2. The van der Waals surface area contributed by atoms with Crippen molar-refractivity contribution in [3.63, 3.8) is 0 Å². The number of rotatable bonds is 3. The van der Waals surface area contributed by atoms with E-state index < -0.39 is 11.7 Å². The van der Waals surface area contributed by atoms with Gasteiger partial charge < -0.3 is 10.6 Å². The zero-order valence-corrected chi connectivity index (χ0v) is 14.0. The van der Waals surface area contributed by atoms with E-state index >= 15 is 0 Å². The number of benzene rings is 2. The Labute approximate surface area is 145 Å². The highest BCUT2D eigenvalue weighted by Crippen LogP contribution is 2.28. The summed E-state index contributed by atoms with van der Waals surface area (Å²) in [6.07, 6.45) is 0. The molecule has 0 aliphatic carbocycles. The maximum atomic E-state index is 13.7. The summed E-state index contributed by atoms with van der Waals surface area (Å²) in [5.74, 6) is -1.45. The lowest BCUT2D eigenvalue weighted by Gasteiger charge is -2.06. The number of amides is 2. The average Bonchev–Trinajstić information content (AvgIpc) is 2.90. The van der Waals surface area contributed by atoms with Crippen molar-refractivity contribution in [1.82, 2.24) is 4.98 Å². The molecule has 0 aliphatic rings. The summed E-state index contributed by atoms with van der Waals surface area (Å²) in [4.78, 5) is 27.5. The molecule has 24 heavy (non-hydrogen) atoms. The van der Waals surface area contributed by atoms with E-state index in [-0.39, 0.29) is 16.5 Å². The highest BCUT2D eigenvalue weighted by Gasteiger charge is 2.13. The van der Waals surface area contributed by atoms with E-state index in [0.717, 1.165) is 10.8 Å². The van der Waals surface area contributed by atoms with Crippen molar-refractivity contribution in [2.45, 2.75) is 6.92 Å². The fourth-order valence-corrected chi connectivity index (χ4v) is 3.20. The normalized spacial score (nSPS) is 10.6. The number of nitrogens with zero attached hydrogens (tertiary/aromatic N) is 1. The molecule has 0 unspecified atom stereocenters. The Morgan fingerprint density at radius 3 is 2.71 bits per heavy atom. The summed E-state index contributed by atoms with van der Waals surface area (Å²) in [5.41, 5.74) is 1.05. The standard InChI is InChI=1S/C16H11ClFN3O2S/c1-8(22)19-16-21-13-5-3-10(7-14(13)24-16)20-15(23)11-6-9(17)2-4-12(11)18/h2-7H,1H3,(H,20,23)(H,19,21,22). The van der Waals surface area contributed by atoms with E-state index in [4.69, 9.17) is 11.6 Å². The van der Waals surface area contributed by atoms with Gasteiger partial charge in [-0.25, -0.2) is 9.37 Å². The Bertz CT molecular complexity index is 958. The smallest absolute Gasteiger partial charge is 0.258 e. The third-order valence-corrected chi connectivity index (χ3v) is 4.27. The van der Waals surface area contributed by atoms with E-state index in [9.17, 15) is 14.0 Å².